The first-order valence-corrected chi connectivity index (χ1v) is 8.85. The summed E-state index contributed by atoms with van der Waals surface area (Å²) in [5, 5.41) is 4.78. The number of hydrogen-bond donors (Lipinski definition) is 1. The Kier molecular flexibility index (Phi) is 4.17. The molecule has 1 saturated heterocycles. The molecule has 130 valence electrons. The van der Waals surface area contributed by atoms with Crippen LogP contribution in [0.5, 0.6) is 0 Å². The Bertz CT molecular complexity index is 930. The molecule has 0 saturated carbocycles. The van der Waals surface area contributed by atoms with Gasteiger partial charge in [-0.2, -0.15) is 9.61 Å². The first-order valence-electron chi connectivity index (χ1n) is 8.10. The van der Waals surface area contributed by atoms with Gasteiger partial charge >= 0.3 is 0 Å². The van der Waals surface area contributed by atoms with Crippen molar-refractivity contribution in [1.29, 1.82) is 0 Å². The summed E-state index contributed by atoms with van der Waals surface area (Å²) in [6.07, 6.45) is 4.78. The SMILES string of the molecule is Nc1cnn2c(N3CCCCC3)c(-c3c(F)cccc3Cl)c(Cl)nc12. The van der Waals surface area contributed by atoms with Crippen molar-refractivity contribution in [3.8, 4) is 11.1 Å². The molecule has 1 aromatic carbocycles. The van der Waals surface area contributed by atoms with Crippen LogP contribution in [-0.2, 0) is 0 Å². The van der Waals surface area contributed by atoms with Gasteiger partial charge in [0.05, 0.1) is 22.5 Å². The lowest BCUT2D eigenvalue weighted by Gasteiger charge is -2.31. The van der Waals surface area contributed by atoms with Crippen molar-refractivity contribution in [2.45, 2.75) is 19.3 Å². The molecule has 3 aromatic rings. The molecule has 0 spiro atoms. The van der Waals surface area contributed by atoms with Gasteiger partial charge in [0, 0.05) is 18.7 Å². The van der Waals surface area contributed by atoms with Crippen LogP contribution in [0.25, 0.3) is 16.8 Å². The van der Waals surface area contributed by atoms with Crippen molar-refractivity contribution in [3.63, 3.8) is 0 Å². The highest BCUT2D eigenvalue weighted by Gasteiger charge is 2.27. The number of anilines is 2. The molecule has 1 aliphatic heterocycles. The molecule has 4 rings (SSSR count). The van der Waals surface area contributed by atoms with Gasteiger partial charge in [0.1, 0.15) is 16.8 Å². The molecule has 3 heterocycles. The highest BCUT2D eigenvalue weighted by Crippen LogP contribution is 2.42. The molecular weight excluding hydrogens is 364 g/mol. The van der Waals surface area contributed by atoms with E-state index in [-0.39, 0.29) is 15.7 Å². The van der Waals surface area contributed by atoms with Crippen molar-refractivity contribution in [2.24, 2.45) is 0 Å². The van der Waals surface area contributed by atoms with Crippen molar-refractivity contribution < 1.29 is 4.39 Å². The van der Waals surface area contributed by atoms with Gasteiger partial charge < -0.3 is 10.6 Å². The summed E-state index contributed by atoms with van der Waals surface area (Å²) in [6, 6.07) is 4.56. The van der Waals surface area contributed by atoms with E-state index in [0.717, 1.165) is 32.4 Å². The molecule has 25 heavy (non-hydrogen) atoms. The minimum absolute atomic E-state index is 0.160. The molecule has 0 unspecified atom stereocenters. The van der Waals surface area contributed by atoms with Crippen LogP contribution < -0.4 is 10.6 Å². The average Bonchev–Trinajstić information content (AvgIpc) is 2.96. The van der Waals surface area contributed by atoms with Crippen LogP contribution in [0.15, 0.2) is 24.4 Å². The number of hydrogen-bond acceptors (Lipinski definition) is 4. The monoisotopic (exact) mass is 379 g/mol. The fourth-order valence-electron chi connectivity index (χ4n) is 3.32. The van der Waals surface area contributed by atoms with Gasteiger partial charge in [0.15, 0.2) is 5.65 Å². The lowest BCUT2D eigenvalue weighted by Crippen LogP contribution is -2.32. The van der Waals surface area contributed by atoms with Gasteiger partial charge in [0.25, 0.3) is 0 Å². The minimum atomic E-state index is -0.450. The van der Waals surface area contributed by atoms with Gasteiger partial charge in [-0.25, -0.2) is 9.37 Å². The van der Waals surface area contributed by atoms with Crippen LogP contribution in [0, 0.1) is 5.82 Å². The number of rotatable bonds is 2. The molecule has 2 aromatic heterocycles. The zero-order chi connectivity index (χ0) is 17.6. The van der Waals surface area contributed by atoms with Gasteiger partial charge in [0.2, 0.25) is 0 Å². The van der Waals surface area contributed by atoms with Crippen LogP contribution in [0.3, 0.4) is 0 Å². The van der Waals surface area contributed by atoms with E-state index < -0.39 is 5.82 Å². The predicted molar refractivity (Wildman–Crippen MR) is 98.9 cm³/mol. The molecule has 0 bridgehead atoms. The predicted octanol–water partition coefficient (Wildman–Crippen LogP) is 4.41. The van der Waals surface area contributed by atoms with E-state index in [1.165, 1.54) is 12.3 Å². The van der Waals surface area contributed by atoms with Crippen LogP contribution in [0.4, 0.5) is 15.9 Å². The summed E-state index contributed by atoms with van der Waals surface area (Å²) in [5.74, 6) is 0.229. The summed E-state index contributed by atoms with van der Waals surface area (Å²) < 4.78 is 16.3. The number of benzene rings is 1. The standard InChI is InChI=1S/C17H16Cl2FN5/c18-10-5-4-6-11(20)13(10)14-15(19)23-16-12(21)9-22-25(16)17(14)24-7-2-1-3-8-24/h4-6,9H,1-3,7-8,21H2. The molecular formula is C17H16Cl2FN5. The van der Waals surface area contributed by atoms with Gasteiger partial charge in [-0.15, -0.1) is 0 Å². The second-order valence-corrected chi connectivity index (χ2v) is 6.85. The maximum atomic E-state index is 14.6. The maximum Gasteiger partial charge on any atom is 0.182 e. The molecule has 1 aliphatic rings. The Morgan fingerprint density at radius 1 is 1.08 bits per heavy atom. The third kappa shape index (κ3) is 2.69. The maximum absolute atomic E-state index is 14.6. The third-order valence-corrected chi connectivity index (χ3v) is 5.06. The summed E-state index contributed by atoms with van der Waals surface area (Å²) in [7, 11) is 0. The molecule has 0 atom stereocenters. The van der Waals surface area contributed by atoms with Crippen molar-refractivity contribution in [1.82, 2.24) is 14.6 Å². The summed E-state index contributed by atoms with van der Waals surface area (Å²) in [6.45, 7) is 1.66. The zero-order valence-corrected chi connectivity index (χ0v) is 14.9. The van der Waals surface area contributed by atoms with E-state index >= 15 is 0 Å². The highest BCUT2D eigenvalue weighted by atomic mass is 35.5. The van der Waals surface area contributed by atoms with Gasteiger partial charge in [-0.3, -0.25) is 0 Å². The number of fused-ring (bicyclic) bond motifs is 1. The molecule has 0 radical (unpaired) electrons. The minimum Gasteiger partial charge on any atom is -0.394 e. The number of piperidine rings is 1. The molecule has 2 N–H and O–H groups in total. The van der Waals surface area contributed by atoms with Crippen LogP contribution in [0.1, 0.15) is 19.3 Å². The lowest BCUT2D eigenvalue weighted by atomic mass is 10.0. The second-order valence-electron chi connectivity index (χ2n) is 6.08. The van der Waals surface area contributed by atoms with E-state index in [4.69, 9.17) is 28.9 Å². The average molecular weight is 380 g/mol. The van der Waals surface area contributed by atoms with Crippen LogP contribution >= 0.6 is 23.2 Å². The number of nitrogens with zero attached hydrogens (tertiary/aromatic N) is 4. The van der Waals surface area contributed by atoms with E-state index in [9.17, 15) is 4.39 Å². The van der Waals surface area contributed by atoms with Crippen molar-refractivity contribution >= 4 is 40.4 Å². The fraction of sp³-hybridized carbons (Fsp3) is 0.294. The number of halogens is 3. The lowest BCUT2D eigenvalue weighted by molar-refractivity contribution is 0.568. The van der Waals surface area contributed by atoms with Gasteiger partial charge in [-0.1, -0.05) is 29.3 Å². The Hall–Kier alpha value is -2.05. The first kappa shape index (κ1) is 16.4. The second kappa shape index (κ2) is 6.35. The Balaban J connectivity index is 2.07. The largest absolute Gasteiger partial charge is 0.394 e. The van der Waals surface area contributed by atoms with Gasteiger partial charge in [-0.05, 0) is 31.4 Å². The van der Waals surface area contributed by atoms with E-state index in [1.807, 2.05) is 0 Å². The number of aromatic nitrogens is 3. The number of nitrogen functional groups attached to an aromatic ring is 1. The fourth-order valence-corrected chi connectivity index (χ4v) is 3.83. The summed E-state index contributed by atoms with van der Waals surface area (Å²) in [4.78, 5) is 6.49. The van der Waals surface area contributed by atoms with Crippen LogP contribution in [0.2, 0.25) is 10.2 Å². The van der Waals surface area contributed by atoms with Crippen molar-refractivity contribution in [3.05, 3.63) is 40.4 Å². The van der Waals surface area contributed by atoms with E-state index in [2.05, 4.69) is 15.0 Å². The smallest absolute Gasteiger partial charge is 0.182 e. The summed E-state index contributed by atoms with van der Waals surface area (Å²) in [5.41, 5.74) is 7.53. The van der Waals surface area contributed by atoms with Crippen LogP contribution in [-0.4, -0.2) is 27.7 Å². The Labute approximate surface area is 154 Å². The normalized spacial score (nSPS) is 15.1. The molecule has 0 aliphatic carbocycles. The summed E-state index contributed by atoms with van der Waals surface area (Å²) >= 11 is 12.8. The third-order valence-electron chi connectivity index (χ3n) is 4.47. The molecule has 8 heteroatoms. The van der Waals surface area contributed by atoms with E-state index in [1.54, 1.807) is 16.6 Å². The van der Waals surface area contributed by atoms with E-state index in [0.29, 0.717) is 22.7 Å². The zero-order valence-electron chi connectivity index (χ0n) is 13.3. The Morgan fingerprint density at radius 3 is 2.56 bits per heavy atom. The molecule has 1 fully saturated rings. The number of nitrogens with two attached hydrogens (primary N) is 1. The van der Waals surface area contributed by atoms with Crippen molar-refractivity contribution in [2.75, 3.05) is 23.7 Å². The Morgan fingerprint density at radius 2 is 1.84 bits per heavy atom. The topological polar surface area (TPSA) is 59.4 Å². The first-order chi connectivity index (χ1) is 12.1. The quantitative estimate of drug-likeness (QED) is 0.669. The molecule has 0 amide bonds. The highest BCUT2D eigenvalue weighted by molar-refractivity contribution is 6.36. The molecule has 5 nitrogen and oxygen atoms in total.